The molecule has 0 aromatic heterocycles. The normalized spacial score (nSPS) is 22.3. The monoisotopic (exact) mass is 181 g/mol. The molecule has 0 bridgehead atoms. The van der Waals surface area contributed by atoms with Crippen LogP contribution in [0.1, 0.15) is 0 Å². The lowest BCUT2D eigenvalue weighted by molar-refractivity contribution is 0.337. The van der Waals surface area contributed by atoms with Crippen molar-refractivity contribution in [2.45, 2.75) is 0 Å². The van der Waals surface area contributed by atoms with Gasteiger partial charge in [0.05, 0.1) is 19.3 Å². The van der Waals surface area contributed by atoms with Gasteiger partial charge in [-0.3, -0.25) is 15.8 Å². The van der Waals surface area contributed by atoms with E-state index in [1.807, 2.05) is 4.90 Å². The van der Waals surface area contributed by atoms with Crippen LogP contribution < -0.4 is 11.7 Å². The Bertz CT molecular complexity index is 304. The maximum absolute atomic E-state index is 7.47. The summed E-state index contributed by atoms with van der Waals surface area (Å²) in [5.74, 6) is 12.4. The highest BCUT2D eigenvalue weighted by Gasteiger charge is 2.32. The van der Waals surface area contributed by atoms with Gasteiger partial charge in [-0.15, -0.1) is 0 Å². The maximum Gasteiger partial charge on any atom is 0.143 e. The van der Waals surface area contributed by atoms with E-state index in [1.165, 1.54) is 10.0 Å². The molecule has 2 heterocycles. The highest BCUT2D eigenvalue weighted by molar-refractivity contribution is 5.89. The number of nitrogens with zero attached hydrogens (tertiary/aromatic N) is 3. The number of fused-ring (bicyclic) bond motifs is 1. The third-order valence-corrected chi connectivity index (χ3v) is 2.11. The Morgan fingerprint density at radius 1 is 1.15 bits per heavy atom. The minimum absolute atomic E-state index is 0.298. The molecule has 6 N–H and O–H groups in total. The van der Waals surface area contributed by atoms with Crippen molar-refractivity contribution in [1.29, 1.82) is 10.8 Å². The molecule has 7 nitrogen and oxygen atoms in total. The van der Waals surface area contributed by atoms with Crippen LogP contribution in [-0.4, -0.2) is 39.7 Å². The number of nitrogens with one attached hydrogen (secondary N) is 2. The van der Waals surface area contributed by atoms with Gasteiger partial charge in [0.2, 0.25) is 0 Å². The molecule has 13 heavy (non-hydrogen) atoms. The van der Waals surface area contributed by atoms with Crippen molar-refractivity contribution in [2.24, 2.45) is 11.7 Å². The zero-order valence-electron chi connectivity index (χ0n) is 6.99. The fraction of sp³-hybridized carbons (Fsp3) is 0.333. The van der Waals surface area contributed by atoms with Crippen molar-refractivity contribution < 1.29 is 0 Å². The van der Waals surface area contributed by atoms with Crippen molar-refractivity contribution in [3.8, 4) is 0 Å². The smallest absolute Gasteiger partial charge is 0.143 e. The minimum atomic E-state index is 0.298. The highest BCUT2D eigenvalue weighted by atomic mass is 15.6. The Balaban J connectivity index is 2.33. The van der Waals surface area contributed by atoms with E-state index in [0.717, 1.165) is 0 Å². The number of hydrogen-bond acceptors (Lipinski definition) is 5. The number of nitrogens with two attached hydrogens (primary N) is 2. The molecular formula is C6H11N7. The van der Waals surface area contributed by atoms with Crippen LogP contribution in [-0.2, 0) is 0 Å². The first-order valence-electron chi connectivity index (χ1n) is 3.80. The standard InChI is InChI=1S/C6H11N7/c7-4-1-11-2-5(8)13(10)6(11)3-12(4)9/h3,7-8H,1-2,9-10H2. The van der Waals surface area contributed by atoms with Crippen LogP contribution >= 0.6 is 0 Å². The van der Waals surface area contributed by atoms with Gasteiger partial charge < -0.3 is 4.90 Å². The van der Waals surface area contributed by atoms with Crippen LogP contribution in [0.25, 0.3) is 0 Å². The Morgan fingerprint density at radius 3 is 2.46 bits per heavy atom. The number of rotatable bonds is 0. The Morgan fingerprint density at radius 2 is 1.77 bits per heavy atom. The lowest BCUT2D eigenvalue weighted by Gasteiger charge is -2.29. The molecular weight excluding hydrogens is 170 g/mol. The first kappa shape index (κ1) is 8.02. The van der Waals surface area contributed by atoms with E-state index in [4.69, 9.17) is 22.5 Å². The van der Waals surface area contributed by atoms with Crippen LogP contribution in [0.2, 0.25) is 0 Å². The Hall–Kier alpha value is -1.60. The van der Waals surface area contributed by atoms with Gasteiger partial charge >= 0.3 is 0 Å². The van der Waals surface area contributed by atoms with Crippen LogP contribution in [0.3, 0.4) is 0 Å². The lowest BCUT2D eigenvalue weighted by atomic mass is 10.4. The van der Waals surface area contributed by atoms with Gasteiger partial charge in [-0.25, -0.2) is 16.7 Å². The van der Waals surface area contributed by atoms with Crippen LogP contribution in [0.5, 0.6) is 0 Å². The SMILES string of the molecule is N=C1CN2CC(=N)N(N)C2=CN1N. The average molecular weight is 181 g/mol. The van der Waals surface area contributed by atoms with E-state index < -0.39 is 0 Å². The molecule has 0 aliphatic carbocycles. The topological polar surface area (TPSA) is 109 Å². The van der Waals surface area contributed by atoms with Gasteiger partial charge in [-0.05, 0) is 0 Å². The van der Waals surface area contributed by atoms with Crippen molar-refractivity contribution in [2.75, 3.05) is 13.1 Å². The summed E-state index contributed by atoms with van der Waals surface area (Å²) in [6.07, 6.45) is 1.55. The number of hydrogen-bond donors (Lipinski definition) is 4. The molecule has 2 rings (SSSR count). The Kier molecular flexibility index (Phi) is 1.51. The molecule has 1 fully saturated rings. The van der Waals surface area contributed by atoms with E-state index in [-0.39, 0.29) is 0 Å². The van der Waals surface area contributed by atoms with Gasteiger partial charge in [0, 0.05) is 0 Å². The van der Waals surface area contributed by atoms with Gasteiger partial charge in [-0.2, -0.15) is 0 Å². The first-order valence-corrected chi connectivity index (χ1v) is 3.80. The molecule has 0 aromatic carbocycles. The summed E-state index contributed by atoms with van der Waals surface area (Å²) in [7, 11) is 0. The zero-order valence-corrected chi connectivity index (χ0v) is 6.99. The van der Waals surface area contributed by atoms with Gasteiger partial charge in [-0.1, -0.05) is 0 Å². The first-order chi connectivity index (χ1) is 6.09. The zero-order chi connectivity index (χ0) is 9.59. The molecule has 0 aromatic rings. The van der Waals surface area contributed by atoms with Gasteiger partial charge in [0.15, 0.2) is 0 Å². The fourth-order valence-electron chi connectivity index (χ4n) is 1.37. The van der Waals surface area contributed by atoms with Crippen molar-refractivity contribution in [1.82, 2.24) is 14.9 Å². The summed E-state index contributed by atoms with van der Waals surface area (Å²) < 4.78 is 0. The van der Waals surface area contributed by atoms with Crippen LogP contribution in [0, 0.1) is 10.8 Å². The number of amidine groups is 2. The minimum Gasteiger partial charge on any atom is -0.341 e. The molecule has 2 aliphatic heterocycles. The van der Waals surface area contributed by atoms with Gasteiger partial charge in [0.25, 0.3) is 0 Å². The van der Waals surface area contributed by atoms with Crippen molar-refractivity contribution in [3.05, 3.63) is 12.0 Å². The molecule has 70 valence electrons. The molecule has 2 aliphatic rings. The van der Waals surface area contributed by atoms with E-state index in [9.17, 15) is 0 Å². The molecule has 0 spiro atoms. The molecule has 7 heteroatoms. The van der Waals surface area contributed by atoms with Crippen LogP contribution in [0.4, 0.5) is 0 Å². The predicted octanol–water partition coefficient (Wildman–Crippen LogP) is -1.58. The summed E-state index contributed by atoms with van der Waals surface area (Å²) in [5.41, 5.74) is 0. The molecule has 0 atom stereocenters. The summed E-state index contributed by atoms with van der Waals surface area (Å²) in [6, 6.07) is 0. The van der Waals surface area contributed by atoms with Gasteiger partial charge in [0.1, 0.15) is 17.5 Å². The third kappa shape index (κ3) is 1.05. The van der Waals surface area contributed by atoms with Crippen molar-refractivity contribution >= 4 is 11.7 Å². The maximum atomic E-state index is 7.47. The second kappa shape index (κ2) is 2.44. The second-order valence-corrected chi connectivity index (χ2v) is 3.01. The van der Waals surface area contributed by atoms with E-state index in [2.05, 4.69) is 0 Å². The van der Waals surface area contributed by atoms with E-state index in [1.54, 1.807) is 6.20 Å². The second-order valence-electron chi connectivity index (χ2n) is 3.01. The van der Waals surface area contributed by atoms with E-state index >= 15 is 0 Å². The summed E-state index contributed by atoms with van der Waals surface area (Å²) in [5, 5.41) is 17.4. The average Bonchev–Trinajstić information content (AvgIpc) is 2.32. The van der Waals surface area contributed by atoms with Crippen LogP contribution in [0.15, 0.2) is 12.0 Å². The van der Waals surface area contributed by atoms with E-state index in [0.29, 0.717) is 30.6 Å². The predicted molar refractivity (Wildman–Crippen MR) is 47.2 cm³/mol. The molecule has 0 saturated carbocycles. The Labute approximate surface area is 75.1 Å². The quantitative estimate of drug-likeness (QED) is 0.337. The van der Waals surface area contributed by atoms with Crippen molar-refractivity contribution in [3.63, 3.8) is 0 Å². The molecule has 0 unspecified atom stereocenters. The molecule has 0 amide bonds. The lowest BCUT2D eigenvalue weighted by Crippen LogP contribution is -2.46. The largest absolute Gasteiger partial charge is 0.341 e. The molecule has 0 radical (unpaired) electrons. The molecule has 1 saturated heterocycles. The number of hydrazine groups is 2. The summed E-state index contributed by atoms with van der Waals surface area (Å²) in [6.45, 7) is 0.844. The summed E-state index contributed by atoms with van der Waals surface area (Å²) >= 11 is 0. The summed E-state index contributed by atoms with van der Waals surface area (Å²) in [4.78, 5) is 1.83. The third-order valence-electron chi connectivity index (χ3n) is 2.11. The fourth-order valence-corrected chi connectivity index (χ4v) is 1.37. The highest BCUT2D eigenvalue weighted by Crippen LogP contribution is 2.19.